The summed E-state index contributed by atoms with van der Waals surface area (Å²) < 4.78 is 5.75. The van der Waals surface area contributed by atoms with Crippen LogP contribution in [-0.2, 0) is 11.2 Å². The van der Waals surface area contributed by atoms with Crippen molar-refractivity contribution in [3.63, 3.8) is 0 Å². The number of hydrogen-bond donors (Lipinski definition) is 2. The summed E-state index contributed by atoms with van der Waals surface area (Å²) in [6.07, 6.45) is 20.2. The lowest BCUT2D eigenvalue weighted by atomic mass is 10.0. The molecule has 0 aliphatic carbocycles. The number of ether oxygens (including phenoxy) is 1. The van der Waals surface area contributed by atoms with Gasteiger partial charge in [-0.25, -0.2) is 0 Å². The van der Waals surface area contributed by atoms with Gasteiger partial charge >= 0.3 is 0 Å². The molecule has 0 unspecified atom stereocenters. The van der Waals surface area contributed by atoms with Crippen molar-refractivity contribution in [1.82, 2.24) is 0 Å². The summed E-state index contributed by atoms with van der Waals surface area (Å²) in [7, 11) is 0. The molecule has 0 radical (unpaired) electrons. The summed E-state index contributed by atoms with van der Waals surface area (Å²) in [6, 6.07) is 5.21. The van der Waals surface area contributed by atoms with Crippen LogP contribution >= 0.6 is 0 Å². The average molecular weight is 393 g/mol. The molecule has 1 aromatic rings. The fourth-order valence-corrected chi connectivity index (χ4v) is 3.62. The van der Waals surface area contributed by atoms with E-state index in [2.05, 4.69) is 6.92 Å². The van der Waals surface area contributed by atoms with Crippen LogP contribution in [-0.4, -0.2) is 23.4 Å². The van der Waals surface area contributed by atoms with Crippen LogP contribution in [0.4, 0.5) is 0 Å². The minimum Gasteiger partial charge on any atom is -0.504 e. The van der Waals surface area contributed by atoms with Crippen LogP contribution in [0.3, 0.4) is 0 Å². The number of aromatic hydroxyl groups is 2. The number of phenols is 2. The maximum absolute atomic E-state index is 9.78. The van der Waals surface area contributed by atoms with Gasteiger partial charge in [0.25, 0.3) is 0 Å². The van der Waals surface area contributed by atoms with Crippen LogP contribution in [0.2, 0.25) is 0 Å². The summed E-state index contributed by atoms with van der Waals surface area (Å²) >= 11 is 0. The quantitative estimate of drug-likeness (QED) is 0.189. The molecule has 1 aromatic carbocycles. The van der Waals surface area contributed by atoms with E-state index in [-0.39, 0.29) is 11.5 Å². The fourth-order valence-electron chi connectivity index (χ4n) is 3.62. The van der Waals surface area contributed by atoms with E-state index in [0.717, 1.165) is 31.6 Å². The zero-order valence-electron chi connectivity index (χ0n) is 18.3. The lowest BCUT2D eigenvalue weighted by Gasteiger charge is -2.06. The molecule has 0 saturated carbocycles. The van der Waals surface area contributed by atoms with Crippen LogP contribution < -0.4 is 0 Å². The minimum absolute atomic E-state index is 0.0119. The summed E-state index contributed by atoms with van der Waals surface area (Å²) in [5, 5.41) is 19.3. The van der Waals surface area contributed by atoms with Crippen LogP contribution in [0.5, 0.6) is 11.5 Å². The number of unbranched alkanes of at least 4 members (excludes halogenated alkanes) is 13. The molecule has 3 heteroatoms. The first-order chi connectivity index (χ1) is 13.8. The fraction of sp³-hybridized carbons (Fsp3) is 0.760. The predicted octanol–water partition coefficient (Wildman–Crippen LogP) is 7.53. The molecule has 0 amide bonds. The van der Waals surface area contributed by atoms with Crippen molar-refractivity contribution in [3.8, 4) is 11.5 Å². The third-order valence-corrected chi connectivity index (χ3v) is 5.48. The molecule has 3 nitrogen and oxygen atoms in total. The third-order valence-electron chi connectivity index (χ3n) is 5.48. The van der Waals surface area contributed by atoms with Gasteiger partial charge in [-0.3, -0.25) is 0 Å². The number of para-hydroxylation sites is 1. The zero-order valence-corrected chi connectivity index (χ0v) is 18.3. The second-order valence-electron chi connectivity index (χ2n) is 8.10. The van der Waals surface area contributed by atoms with E-state index in [4.69, 9.17) is 4.74 Å². The number of aryl methyl sites for hydroxylation is 1. The van der Waals surface area contributed by atoms with E-state index in [0.29, 0.717) is 0 Å². The molecule has 0 atom stereocenters. The van der Waals surface area contributed by atoms with Gasteiger partial charge in [-0.2, -0.15) is 0 Å². The van der Waals surface area contributed by atoms with Gasteiger partial charge in [0.1, 0.15) is 0 Å². The lowest BCUT2D eigenvalue weighted by molar-refractivity contribution is 0.125. The second-order valence-corrected chi connectivity index (χ2v) is 8.10. The Morgan fingerprint density at radius 2 is 1.14 bits per heavy atom. The first-order valence-electron chi connectivity index (χ1n) is 11.8. The van der Waals surface area contributed by atoms with Crippen molar-refractivity contribution >= 4 is 0 Å². The Morgan fingerprint density at radius 3 is 1.71 bits per heavy atom. The highest BCUT2D eigenvalue weighted by Crippen LogP contribution is 2.29. The van der Waals surface area contributed by atoms with Crippen LogP contribution in [0, 0.1) is 0 Å². The van der Waals surface area contributed by atoms with Gasteiger partial charge < -0.3 is 14.9 Å². The standard InChI is InChI=1S/C25H44O3/c1-2-3-4-5-6-9-12-15-21-28-22-16-13-10-7-8-11-14-18-23-19-17-20-24(26)25(23)27/h17,19-20,26-27H,2-16,18,21-22H2,1H3. The van der Waals surface area contributed by atoms with E-state index in [9.17, 15) is 10.2 Å². The number of benzene rings is 1. The zero-order chi connectivity index (χ0) is 20.3. The molecule has 0 fully saturated rings. The summed E-state index contributed by atoms with van der Waals surface area (Å²) in [4.78, 5) is 0. The number of phenolic OH excluding ortho intramolecular Hbond substituents is 2. The summed E-state index contributed by atoms with van der Waals surface area (Å²) in [5.74, 6) is 0.0385. The first-order valence-corrected chi connectivity index (χ1v) is 11.8. The molecule has 0 bridgehead atoms. The van der Waals surface area contributed by atoms with E-state index in [1.54, 1.807) is 6.07 Å². The minimum atomic E-state index is -0.0119. The average Bonchev–Trinajstić information content (AvgIpc) is 2.70. The molecule has 0 heterocycles. The molecule has 1 rings (SSSR count). The molecule has 28 heavy (non-hydrogen) atoms. The smallest absolute Gasteiger partial charge is 0.160 e. The van der Waals surface area contributed by atoms with E-state index in [1.165, 1.54) is 96.0 Å². The van der Waals surface area contributed by atoms with Crippen molar-refractivity contribution in [3.05, 3.63) is 23.8 Å². The largest absolute Gasteiger partial charge is 0.504 e. The molecular formula is C25H44O3. The van der Waals surface area contributed by atoms with Crippen molar-refractivity contribution in [2.24, 2.45) is 0 Å². The Hall–Kier alpha value is -1.22. The normalized spacial score (nSPS) is 11.2. The molecule has 162 valence electrons. The summed E-state index contributed by atoms with van der Waals surface area (Å²) in [6.45, 7) is 4.13. The highest BCUT2D eigenvalue weighted by molar-refractivity contribution is 5.44. The van der Waals surface area contributed by atoms with Crippen LogP contribution in [0.25, 0.3) is 0 Å². The van der Waals surface area contributed by atoms with Gasteiger partial charge in [0.05, 0.1) is 0 Å². The molecule has 0 aromatic heterocycles. The topological polar surface area (TPSA) is 49.7 Å². The Bertz CT molecular complexity index is 473. The molecule has 0 aliphatic heterocycles. The SMILES string of the molecule is CCCCCCCCCCOCCCCCCCCCc1cccc(O)c1O. The Kier molecular flexibility index (Phi) is 15.8. The van der Waals surface area contributed by atoms with Gasteiger partial charge in [-0.15, -0.1) is 0 Å². The second kappa shape index (κ2) is 17.8. The third kappa shape index (κ3) is 13.0. The van der Waals surface area contributed by atoms with Crippen molar-refractivity contribution in [2.45, 2.75) is 110 Å². The Morgan fingerprint density at radius 1 is 0.643 bits per heavy atom. The maximum atomic E-state index is 9.78. The van der Waals surface area contributed by atoms with Crippen molar-refractivity contribution in [2.75, 3.05) is 13.2 Å². The highest BCUT2D eigenvalue weighted by atomic mass is 16.5. The Labute approximate surface area is 173 Å². The molecule has 0 aliphatic rings. The van der Waals surface area contributed by atoms with Gasteiger partial charge in [0.15, 0.2) is 11.5 Å². The van der Waals surface area contributed by atoms with Crippen molar-refractivity contribution in [1.29, 1.82) is 0 Å². The van der Waals surface area contributed by atoms with Gasteiger partial charge in [0.2, 0.25) is 0 Å². The van der Waals surface area contributed by atoms with Crippen LogP contribution in [0.15, 0.2) is 18.2 Å². The molecule has 0 spiro atoms. The monoisotopic (exact) mass is 392 g/mol. The maximum Gasteiger partial charge on any atom is 0.160 e. The van der Waals surface area contributed by atoms with Gasteiger partial charge in [-0.05, 0) is 37.3 Å². The van der Waals surface area contributed by atoms with Gasteiger partial charge in [-0.1, -0.05) is 96.1 Å². The lowest BCUT2D eigenvalue weighted by Crippen LogP contribution is -1.97. The van der Waals surface area contributed by atoms with E-state index < -0.39 is 0 Å². The molecular weight excluding hydrogens is 348 g/mol. The summed E-state index contributed by atoms with van der Waals surface area (Å²) in [5.41, 5.74) is 0.855. The Balaban J connectivity index is 1.77. The molecule has 0 saturated heterocycles. The van der Waals surface area contributed by atoms with Gasteiger partial charge in [0, 0.05) is 13.2 Å². The number of rotatable bonds is 19. The van der Waals surface area contributed by atoms with Crippen LogP contribution in [0.1, 0.15) is 109 Å². The molecule has 2 N–H and O–H groups in total. The predicted molar refractivity (Wildman–Crippen MR) is 119 cm³/mol. The number of hydrogen-bond acceptors (Lipinski definition) is 3. The van der Waals surface area contributed by atoms with E-state index in [1.807, 2.05) is 6.07 Å². The van der Waals surface area contributed by atoms with Crippen molar-refractivity contribution < 1.29 is 14.9 Å². The van der Waals surface area contributed by atoms with E-state index >= 15 is 0 Å². The first kappa shape index (κ1) is 24.8. The highest BCUT2D eigenvalue weighted by Gasteiger charge is 2.04.